The molecule has 208 valence electrons. The van der Waals surface area contributed by atoms with Gasteiger partial charge in [0.2, 0.25) is 0 Å². The van der Waals surface area contributed by atoms with Crippen LogP contribution >= 0.6 is 0 Å². The summed E-state index contributed by atoms with van der Waals surface area (Å²) in [4.78, 5) is 44.1. The van der Waals surface area contributed by atoms with E-state index in [0.29, 0.717) is 23.5 Å². The number of anilines is 2. The fourth-order valence-corrected chi connectivity index (χ4v) is 5.19. The first kappa shape index (κ1) is 27.2. The van der Waals surface area contributed by atoms with Gasteiger partial charge in [0.15, 0.2) is 0 Å². The van der Waals surface area contributed by atoms with Gasteiger partial charge >= 0.3 is 18.4 Å². The minimum Gasteiger partial charge on any atom is -0.338 e. The van der Waals surface area contributed by atoms with Crippen molar-refractivity contribution in [2.24, 2.45) is 0 Å². The maximum atomic E-state index is 13.8. The predicted octanol–water partition coefficient (Wildman–Crippen LogP) is 6.37. The van der Waals surface area contributed by atoms with Crippen LogP contribution in [0.3, 0.4) is 0 Å². The van der Waals surface area contributed by atoms with E-state index in [1.54, 1.807) is 60.7 Å². The average molecular weight is 561 g/mol. The lowest BCUT2D eigenvalue weighted by Gasteiger charge is -2.42. The topological polar surface area (TPSA) is 60.9 Å². The number of rotatable bonds is 3. The molecule has 12 heteroatoms. The maximum absolute atomic E-state index is 13.8. The number of nitrogens with zero attached hydrogens (tertiary/aromatic N) is 3. The zero-order valence-electron chi connectivity index (χ0n) is 20.7. The number of carbonyl (C=O) groups excluding carboxylic acids is 3. The van der Waals surface area contributed by atoms with Crippen LogP contribution in [0.25, 0.3) is 0 Å². The second-order valence-electron chi connectivity index (χ2n) is 9.55. The molecule has 40 heavy (non-hydrogen) atoms. The molecule has 2 heterocycles. The first-order valence-electron chi connectivity index (χ1n) is 12.2. The molecule has 2 aliphatic rings. The number of alkyl halides is 6. The molecule has 3 aromatic carbocycles. The lowest BCUT2D eigenvalue weighted by Crippen LogP contribution is -2.57. The highest BCUT2D eigenvalue weighted by Gasteiger charge is 2.59. The van der Waals surface area contributed by atoms with Gasteiger partial charge in [0.05, 0.1) is 16.8 Å². The highest BCUT2D eigenvalue weighted by molar-refractivity contribution is 6.30. The van der Waals surface area contributed by atoms with Crippen molar-refractivity contribution in [1.29, 1.82) is 0 Å². The molecule has 2 saturated heterocycles. The summed E-state index contributed by atoms with van der Waals surface area (Å²) in [5.74, 6) is -1.56. The Morgan fingerprint density at radius 2 is 1.18 bits per heavy atom. The molecule has 5 rings (SSSR count). The summed E-state index contributed by atoms with van der Waals surface area (Å²) >= 11 is 0. The van der Waals surface area contributed by atoms with Crippen LogP contribution in [-0.2, 0) is 17.1 Å². The molecular weight excluding hydrogens is 540 g/mol. The summed E-state index contributed by atoms with van der Waals surface area (Å²) in [6.07, 6.45) is -10.4. The molecule has 0 atom stereocenters. The van der Waals surface area contributed by atoms with Crippen LogP contribution in [0.5, 0.6) is 0 Å². The summed E-state index contributed by atoms with van der Waals surface area (Å²) in [6.45, 7) is -0.358. The van der Waals surface area contributed by atoms with E-state index in [-0.39, 0.29) is 32.0 Å². The summed E-state index contributed by atoms with van der Waals surface area (Å²) < 4.78 is 80.0. The number of hydrogen-bond donors (Lipinski definition) is 0. The monoisotopic (exact) mass is 561 g/mol. The second-order valence-corrected chi connectivity index (χ2v) is 9.55. The van der Waals surface area contributed by atoms with Gasteiger partial charge < -0.3 is 4.90 Å². The van der Waals surface area contributed by atoms with Crippen molar-refractivity contribution < 1.29 is 40.7 Å². The van der Waals surface area contributed by atoms with Gasteiger partial charge in [-0.1, -0.05) is 36.4 Å². The van der Waals surface area contributed by atoms with E-state index >= 15 is 0 Å². The summed E-state index contributed by atoms with van der Waals surface area (Å²) in [5, 5.41) is 0. The van der Waals surface area contributed by atoms with E-state index in [0.717, 1.165) is 9.80 Å². The third kappa shape index (κ3) is 4.67. The molecule has 0 N–H and O–H groups in total. The third-order valence-electron chi connectivity index (χ3n) is 7.15. The molecule has 1 spiro atoms. The molecule has 0 aromatic heterocycles. The van der Waals surface area contributed by atoms with Gasteiger partial charge in [-0.2, -0.15) is 26.3 Å². The normalized spacial score (nSPS) is 17.6. The number of carbonyl (C=O) groups is 3. The molecule has 0 radical (unpaired) electrons. The Hall–Kier alpha value is -4.35. The van der Waals surface area contributed by atoms with E-state index in [2.05, 4.69) is 0 Å². The molecule has 2 aliphatic heterocycles. The number of urea groups is 1. The Morgan fingerprint density at radius 1 is 0.700 bits per heavy atom. The van der Waals surface area contributed by atoms with Crippen LogP contribution in [0.1, 0.15) is 34.3 Å². The van der Waals surface area contributed by atoms with Crippen molar-refractivity contribution in [1.82, 2.24) is 4.90 Å². The zero-order valence-corrected chi connectivity index (χ0v) is 20.7. The van der Waals surface area contributed by atoms with Crippen molar-refractivity contribution in [2.45, 2.75) is 30.7 Å². The Labute approximate surface area is 224 Å². The highest BCUT2D eigenvalue weighted by Crippen LogP contribution is 2.43. The molecule has 0 aliphatic carbocycles. The van der Waals surface area contributed by atoms with Gasteiger partial charge in [0.25, 0.3) is 11.8 Å². The zero-order chi connectivity index (χ0) is 28.9. The first-order valence-corrected chi connectivity index (χ1v) is 12.2. The molecule has 2 fully saturated rings. The number of hydrogen-bond acceptors (Lipinski definition) is 3. The molecular formula is C28H21F6N3O3. The number of piperidine rings is 1. The van der Waals surface area contributed by atoms with Crippen molar-refractivity contribution in [2.75, 3.05) is 22.9 Å². The average Bonchev–Trinajstić information content (AvgIpc) is 3.13. The SMILES string of the molecule is O=C(c1cc(C(F)(F)F)cc(C(F)(F)F)c1)N1CCC2(CC1)C(=O)N(c1ccccc1)C(=O)N2c1ccccc1. The van der Waals surface area contributed by atoms with Crippen LogP contribution < -0.4 is 9.80 Å². The number of likely N-dealkylation sites (tertiary alicyclic amines) is 1. The standard InChI is InChI=1S/C28H21F6N3O3/c29-27(30,31)19-15-18(16-20(17-19)28(32,33)34)23(38)35-13-11-26(12-14-35)24(39)36(21-7-3-1-4-8-21)25(40)37(26)22-9-5-2-6-10-22/h1-10,15-17H,11-14H2. The van der Waals surface area contributed by atoms with Crippen molar-refractivity contribution in [3.63, 3.8) is 0 Å². The largest absolute Gasteiger partial charge is 0.416 e. The van der Waals surface area contributed by atoms with E-state index in [1.165, 1.54) is 4.90 Å². The van der Waals surface area contributed by atoms with Gasteiger partial charge in [-0.3, -0.25) is 14.5 Å². The molecule has 0 unspecified atom stereocenters. The summed E-state index contributed by atoms with van der Waals surface area (Å²) in [5.41, 5.74) is -4.58. The number of para-hydroxylation sites is 2. The Balaban J connectivity index is 1.47. The Bertz CT molecular complexity index is 1420. The predicted molar refractivity (Wildman–Crippen MR) is 133 cm³/mol. The van der Waals surface area contributed by atoms with Crippen molar-refractivity contribution in [3.05, 3.63) is 95.6 Å². The maximum Gasteiger partial charge on any atom is 0.416 e. The van der Waals surface area contributed by atoms with Crippen LogP contribution in [0, 0.1) is 0 Å². The minimum atomic E-state index is -5.10. The fraction of sp³-hybridized carbons (Fsp3) is 0.250. The molecule has 4 amide bonds. The first-order chi connectivity index (χ1) is 18.8. The lowest BCUT2D eigenvalue weighted by atomic mass is 9.85. The van der Waals surface area contributed by atoms with E-state index < -0.39 is 52.4 Å². The van der Waals surface area contributed by atoms with Gasteiger partial charge in [0.1, 0.15) is 5.54 Å². The summed E-state index contributed by atoms with van der Waals surface area (Å²) in [7, 11) is 0. The number of halogens is 6. The lowest BCUT2D eigenvalue weighted by molar-refractivity contribution is -0.143. The number of amides is 4. The quantitative estimate of drug-likeness (QED) is 0.276. The van der Waals surface area contributed by atoms with Crippen LogP contribution in [0.2, 0.25) is 0 Å². The van der Waals surface area contributed by atoms with Gasteiger partial charge in [-0.15, -0.1) is 0 Å². The fourth-order valence-electron chi connectivity index (χ4n) is 5.19. The van der Waals surface area contributed by atoms with Gasteiger partial charge in [-0.05, 0) is 55.3 Å². The third-order valence-corrected chi connectivity index (χ3v) is 7.15. The molecule has 3 aromatic rings. The van der Waals surface area contributed by atoms with Gasteiger partial charge in [0, 0.05) is 24.3 Å². The summed E-state index contributed by atoms with van der Waals surface area (Å²) in [6, 6.07) is 16.8. The van der Waals surface area contributed by atoms with E-state index in [9.17, 15) is 40.7 Å². The van der Waals surface area contributed by atoms with Crippen LogP contribution in [0.4, 0.5) is 42.5 Å². The van der Waals surface area contributed by atoms with Gasteiger partial charge in [-0.25, -0.2) is 9.69 Å². The van der Waals surface area contributed by atoms with Crippen molar-refractivity contribution in [3.8, 4) is 0 Å². The Kier molecular flexibility index (Phi) is 6.59. The van der Waals surface area contributed by atoms with Crippen molar-refractivity contribution >= 4 is 29.2 Å². The second kappa shape index (κ2) is 9.68. The van der Waals surface area contributed by atoms with E-state index in [4.69, 9.17) is 0 Å². The molecule has 0 bridgehead atoms. The number of benzene rings is 3. The highest BCUT2D eigenvalue weighted by atomic mass is 19.4. The van der Waals surface area contributed by atoms with Crippen LogP contribution in [-0.4, -0.2) is 41.4 Å². The van der Waals surface area contributed by atoms with E-state index in [1.807, 2.05) is 0 Å². The van der Waals surface area contributed by atoms with Crippen LogP contribution in [0.15, 0.2) is 78.9 Å². The smallest absolute Gasteiger partial charge is 0.338 e. The molecule has 0 saturated carbocycles. The molecule has 6 nitrogen and oxygen atoms in total. The number of imide groups is 1. The minimum absolute atomic E-state index is 0.0410. The Morgan fingerprint density at radius 3 is 1.65 bits per heavy atom.